The van der Waals surface area contributed by atoms with Gasteiger partial charge >= 0.3 is 0 Å². The Morgan fingerprint density at radius 1 is 1.14 bits per heavy atom. The Hall–Kier alpha value is -1.46. The number of ether oxygens (including phenoxy) is 1. The fraction of sp³-hybridized carbons (Fsp3) is 0.550. The van der Waals surface area contributed by atoms with Crippen LogP contribution in [0.1, 0.15) is 30.8 Å². The van der Waals surface area contributed by atoms with E-state index in [2.05, 4.69) is 62.6 Å². The van der Waals surface area contributed by atoms with Crippen LogP contribution < -0.4 is 10.2 Å². The van der Waals surface area contributed by atoms with Gasteiger partial charge in [0, 0.05) is 57.8 Å². The number of anilines is 1. The molecule has 160 valence electrons. The molecular formula is C20H31IN6OS. The topological polar surface area (TPSA) is 65.9 Å². The van der Waals surface area contributed by atoms with E-state index in [4.69, 9.17) is 9.73 Å². The Morgan fingerprint density at radius 2 is 1.83 bits per heavy atom. The number of aromatic nitrogens is 2. The number of piperazine rings is 1. The maximum Gasteiger partial charge on any atom is 0.205 e. The van der Waals surface area contributed by atoms with Gasteiger partial charge in [0.2, 0.25) is 5.13 Å². The van der Waals surface area contributed by atoms with Gasteiger partial charge < -0.3 is 19.9 Å². The zero-order valence-electron chi connectivity index (χ0n) is 17.4. The van der Waals surface area contributed by atoms with Gasteiger partial charge in [-0.3, -0.25) is 0 Å². The van der Waals surface area contributed by atoms with Gasteiger partial charge in [0.1, 0.15) is 5.82 Å². The van der Waals surface area contributed by atoms with Crippen molar-refractivity contribution in [3.63, 3.8) is 0 Å². The van der Waals surface area contributed by atoms with Crippen molar-refractivity contribution in [1.29, 1.82) is 0 Å². The number of nitrogens with one attached hydrogen (secondary N) is 1. The first-order valence-corrected chi connectivity index (χ1v) is 10.7. The minimum Gasteiger partial charge on any atom is -0.380 e. The van der Waals surface area contributed by atoms with Crippen molar-refractivity contribution in [3.8, 4) is 0 Å². The molecule has 0 radical (unpaired) electrons. The number of hydrogen-bond donors (Lipinski definition) is 1. The molecule has 0 amide bonds. The molecule has 1 aromatic carbocycles. The average molecular weight is 530 g/mol. The number of benzene rings is 1. The monoisotopic (exact) mass is 530 g/mol. The van der Waals surface area contributed by atoms with E-state index in [1.54, 1.807) is 7.11 Å². The van der Waals surface area contributed by atoms with Gasteiger partial charge in [-0.15, -0.1) is 24.0 Å². The third-order valence-electron chi connectivity index (χ3n) is 4.70. The van der Waals surface area contributed by atoms with E-state index in [0.29, 0.717) is 13.2 Å². The summed E-state index contributed by atoms with van der Waals surface area (Å²) in [6.07, 6.45) is 0.889. The number of methoxy groups -OCH3 is 1. The first-order valence-electron chi connectivity index (χ1n) is 9.91. The largest absolute Gasteiger partial charge is 0.380 e. The highest BCUT2D eigenvalue weighted by molar-refractivity contribution is 14.0. The second kappa shape index (κ2) is 12.3. The van der Waals surface area contributed by atoms with Crippen LogP contribution in [0.3, 0.4) is 0 Å². The highest BCUT2D eigenvalue weighted by atomic mass is 127. The van der Waals surface area contributed by atoms with Crippen molar-refractivity contribution < 1.29 is 4.74 Å². The van der Waals surface area contributed by atoms with Gasteiger partial charge in [-0.1, -0.05) is 31.2 Å². The first kappa shape index (κ1) is 23.8. The van der Waals surface area contributed by atoms with Gasteiger partial charge in [0.25, 0.3) is 0 Å². The number of nitrogens with zero attached hydrogens (tertiary/aromatic N) is 5. The highest BCUT2D eigenvalue weighted by Gasteiger charge is 2.22. The van der Waals surface area contributed by atoms with Crippen molar-refractivity contribution in [2.45, 2.75) is 33.4 Å². The minimum atomic E-state index is 0. The summed E-state index contributed by atoms with van der Waals surface area (Å²) < 4.78 is 9.58. The molecule has 9 heteroatoms. The van der Waals surface area contributed by atoms with Crippen LogP contribution in [0.2, 0.25) is 0 Å². The number of halogens is 1. The van der Waals surface area contributed by atoms with Crippen LogP contribution in [0.5, 0.6) is 0 Å². The van der Waals surface area contributed by atoms with Crippen molar-refractivity contribution >= 4 is 46.6 Å². The number of guanidine groups is 1. The summed E-state index contributed by atoms with van der Waals surface area (Å²) in [7, 11) is 1.72. The van der Waals surface area contributed by atoms with Crippen LogP contribution in [-0.4, -0.2) is 60.1 Å². The molecule has 1 saturated heterocycles. The van der Waals surface area contributed by atoms with Crippen molar-refractivity contribution in [1.82, 2.24) is 19.6 Å². The van der Waals surface area contributed by atoms with Crippen LogP contribution in [0.15, 0.2) is 29.3 Å². The van der Waals surface area contributed by atoms with E-state index in [1.165, 1.54) is 22.7 Å². The molecule has 1 aromatic heterocycles. The fourth-order valence-electron chi connectivity index (χ4n) is 3.13. The van der Waals surface area contributed by atoms with Gasteiger partial charge in [0.15, 0.2) is 5.96 Å². The number of aryl methyl sites for hydroxylation is 1. The first-order chi connectivity index (χ1) is 13.7. The fourth-order valence-corrected chi connectivity index (χ4v) is 3.93. The summed E-state index contributed by atoms with van der Waals surface area (Å²) in [4.78, 5) is 14.1. The maximum absolute atomic E-state index is 5.17. The second-order valence-electron chi connectivity index (χ2n) is 6.74. The van der Waals surface area contributed by atoms with E-state index >= 15 is 0 Å². The maximum atomic E-state index is 5.17. The zero-order valence-corrected chi connectivity index (χ0v) is 20.6. The van der Waals surface area contributed by atoms with E-state index in [9.17, 15) is 0 Å². The van der Waals surface area contributed by atoms with Gasteiger partial charge in [-0.25, -0.2) is 9.98 Å². The van der Waals surface area contributed by atoms with Crippen LogP contribution >= 0.6 is 35.5 Å². The van der Waals surface area contributed by atoms with Gasteiger partial charge in [-0.2, -0.15) is 4.37 Å². The number of hydrogen-bond acceptors (Lipinski definition) is 6. The molecule has 1 N–H and O–H groups in total. The average Bonchev–Trinajstić information content (AvgIpc) is 3.22. The lowest BCUT2D eigenvalue weighted by molar-refractivity contribution is 0.185. The predicted molar refractivity (Wildman–Crippen MR) is 130 cm³/mol. The SMILES string of the molecule is CCNC(=NCc1ccc(COC)cc1)N1CCN(c2nc(CC)ns2)CC1.I. The van der Waals surface area contributed by atoms with E-state index in [1.807, 2.05) is 0 Å². The van der Waals surface area contributed by atoms with Crippen LogP contribution in [0, 0.1) is 0 Å². The normalized spacial score (nSPS) is 14.7. The van der Waals surface area contributed by atoms with Crippen LogP contribution in [-0.2, 0) is 24.3 Å². The van der Waals surface area contributed by atoms with Crippen molar-refractivity contribution in [2.75, 3.05) is 44.7 Å². The van der Waals surface area contributed by atoms with E-state index in [0.717, 1.165) is 56.1 Å². The van der Waals surface area contributed by atoms with Crippen LogP contribution in [0.4, 0.5) is 5.13 Å². The lowest BCUT2D eigenvalue weighted by Gasteiger charge is -2.36. The Labute approximate surface area is 194 Å². The molecule has 3 rings (SSSR count). The molecule has 0 unspecified atom stereocenters. The third-order valence-corrected chi connectivity index (χ3v) is 5.52. The molecule has 1 aliphatic heterocycles. The number of aliphatic imine (C=N–C) groups is 1. The minimum absolute atomic E-state index is 0. The molecule has 0 atom stereocenters. The summed E-state index contributed by atoms with van der Waals surface area (Å²) in [5.74, 6) is 1.92. The van der Waals surface area contributed by atoms with Crippen molar-refractivity contribution in [3.05, 3.63) is 41.2 Å². The van der Waals surface area contributed by atoms with Crippen molar-refractivity contribution in [2.24, 2.45) is 4.99 Å². The molecule has 0 saturated carbocycles. The third kappa shape index (κ3) is 6.78. The standard InChI is InChI=1S/C20H30N6OS.HI/c1-4-18-23-20(28-24-18)26-12-10-25(11-13-26)19(21-5-2)22-14-16-6-8-17(9-7-16)15-27-3;/h6-9H,4-5,10-15H2,1-3H3,(H,21,22);1H. The molecule has 0 aliphatic carbocycles. The summed E-state index contributed by atoms with van der Waals surface area (Å²) >= 11 is 1.50. The summed E-state index contributed by atoms with van der Waals surface area (Å²) in [5.41, 5.74) is 2.39. The van der Waals surface area contributed by atoms with Crippen LogP contribution in [0.25, 0.3) is 0 Å². The Balaban J connectivity index is 0.00000300. The molecule has 29 heavy (non-hydrogen) atoms. The lowest BCUT2D eigenvalue weighted by Crippen LogP contribution is -2.52. The molecule has 1 fully saturated rings. The quantitative estimate of drug-likeness (QED) is 0.337. The molecule has 7 nitrogen and oxygen atoms in total. The molecule has 2 heterocycles. The highest BCUT2D eigenvalue weighted by Crippen LogP contribution is 2.19. The zero-order chi connectivity index (χ0) is 19.8. The smallest absolute Gasteiger partial charge is 0.205 e. The molecular weight excluding hydrogens is 499 g/mol. The second-order valence-corrected chi connectivity index (χ2v) is 7.47. The van der Waals surface area contributed by atoms with Gasteiger partial charge in [0.05, 0.1) is 13.2 Å². The lowest BCUT2D eigenvalue weighted by atomic mass is 10.1. The summed E-state index contributed by atoms with van der Waals surface area (Å²) in [6.45, 7) is 10.1. The predicted octanol–water partition coefficient (Wildman–Crippen LogP) is 3.15. The van der Waals surface area contributed by atoms with Gasteiger partial charge in [-0.05, 0) is 18.1 Å². The molecule has 2 aromatic rings. The van der Waals surface area contributed by atoms with E-state index in [-0.39, 0.29) is 24.0 Å². The molecule has 1 aliphatic rings. The number of rotatable bonds is 7. The summed E-state index contributed by atoms with van der Waals surface area (Å²) in [5, 5.41) is 4.47. The molecule has 0 spiro atoms. The molecule has 0 bridgehead atoms. The Kier molecular flexibility index (Phi) is 10.1. The van der Waals surface area contributed by atoms with E-state index < -0.39 is 0 Å². The summed E-state index contributed by atoms with van der Waals surface area (Å²) in [6, 6.07) is 8.46. The Bertz CT molecular complexity index is 759. The Morgan fingerprint density at radius 3 is 2.41 bits per heavy atom.